The molecular formula is C27H30O4. The van der Waals surface area contributed by atoms with Crippen molar-refractivity contribution in [1.29, 1.82) is 0 Å². The Morgan fingerprint density at radius 2 is 1.97 bits per heavy atom. The Hall–Kier alpha value is -2.22. The molecule has 7 atom stereocenters. The van der Waals surface area contributed by atoms with E-state index in [4.69, 9.17) is 15.9 Å². The van der Waals surface area contributed by atoms with Gasteiger partial charge in [-0.05, 0) is 84.6 Å². The molecule has 0 bridgehead atoms. The smallest absolute Gasteiger partial charge is 0.231 e. The third-order valence-corrected chi connectivity index (χ3v) is 8.87. The van der Waals surface area contributed by atoms with Crippen LogP contribution in [0.5, 0.6) is 11.5 Å². The third kappa shape index (κ3) is 2.76. The van der Waals surface area contributed by atoms with E-state index in [1.807, 2.05) is 6.07 Å². The zero-order valence-electron chi connectivity index (χ0n) is 18.0. The number of aliphatic hydroxyl groups excluding tert-OH is 2. The molecule has 0 aromatic heterocycles. The number of rotatable bonds is 1. The first-order chi connectivity index (χ1) is 15.0. The Morgan fingerprint density at radius 1 is 1.13 bits per heavy atom. The topological polar surface area (TPSA) is 58.9 Å². The Labute approximate surface area is 184 Å². The second-order valence-corrected chi connectivity index (χ2v) is 10.3. The molecule has 1 heterocycles. The fourth-order valence-electron chi connectivity index (χ4n) is 7.39. The highest BCUT2D eigenvalue weighted by molar-refractivity contribution is 5.52. The molecule has 4 heteroatoms. The van der Waals surface area contributed by atoms with Gasteiger partial charge in [-0.15, -0.1) is 12.3 Å². The van der Waals surface area contributed by atoms with Crippen molar-refractivity contribution in [2.75, 3.05) is 6.79 Å². The summed E-state index contributed by atoms with van der Waals surface area (Å²) in [6, 6.07) is 6.32. The van der Waals surface area contributed by atoms with Gasteiger partial charge < -0.3 is 19.7 Å². The lowest BCUT2D eigenvalue weighted by atomic mass is 9.53. The van der Waals surface area contributed by atoms with Crippen molar-refractivity contribution >= 4 is 0 Å². The summed E-state index contributed by atoms with van der Waals surface area (Å²) in [5.74, 6) is 5.50. The molecule has 0 saturated heterocycles. The lowest BCUT2D eigenvalue weighted by Crippen LogP contribution is -2.45. The Balaban J connectivity index is 1.51. The lowest BCUT2D eigenvalue weighted by molar-refractivity contribution is -0.0103. The van der Waals surface area contributed by atoms with Crippen molar-refractivity contribution in [3.63, 3.8) is 0 Å². The molecule has 0 radical (unpaired) electrons. The summed E-state index contributed by atoms with van der Waals surface area (Å²) < 4.78 is 11.2. The minimum atomic E-state index is -0.462. The van der Waals surface area contributed by atoms with Crippen LogP contribution >= 0.6 is 0 Å². The Morgan fingerprint density at radius 3 is 2.81 bits per heavy atom. The van der Waals surface area contributed by atoms with Gasteiger partial charge in [0.15, 0.2) is 11.5 Å². The molecule has 1 aromatic carbocycles. The van der Waals surface area contributed by atoms with Crippen LogP contribution in [0.1, 0.15) is 56.9 Å². The SMILES string of the molecule is C#CC1C[C@H]2[C@@H]3CCC4=CC(O)CCC4=C3[C@@H](c3ccc4c(c3)OCO4)C[C@]2(C)[C@H]1O. The predicted molar refractivity (Wildman–Crippen MR) is 118 cm³/mol. The van der Waals surface area contributed by atoms with Crippen LogP contribution in [0.25, 0.3) is 0 Å². The van der Waals surface area contributed by atoms with E-state index in [9.17, 15) is 10.2 Å². The normalized spacial score (nSPS) is 40.5. The number of benzene rings is 1. The maximum absolute atomic E-state index is 11.3. The van der Waals surface area contributed by atoms with Gasteiger partial charge >= 0.3 is 0 Å². The number of hydrogen-bond acceptors (Lipinski definition) is 4. The van der Waals surface area contributed by atoms with Crippen LogP contribution in [0.4, 0.5) is 0 Å². The van der Waals surface area contributed by atoms with Gasteiger partial charge in [0.05, 0.1) is 12.2 Å². The minimum Gasteiger partial charge on any atom is -0.454 e. The molecule has 4 nitrogen and oxygen atoms in total. The molecule has 1 aromatic rings. The number of fused-ring (bicyclic) bond motifs is 5. The largest absolute Gasteiger partial charge is 0.454 e. The fourth-order valence-corrected chi connectivity index (χ4v) is 7.39. The number of terminal acetylenes is 1. The van der Waals surface area contributed by atoms with Gasteiger partial charge in [0.2, 0.25) is 6.79 Å². The second kappa shape index (κ2) is 6.89. The molecule has 2 saturated carbocycles. The van der Waals surface area contributed by atoms with Crippen molar-refractivity contribution in [3.05, 3.63) is 46.6 Å². The molecule has 31 heavy (non-hydrogen) atoms. The van der Waals surface area contributed by atoms with E-state index in [1.54, 1.807) is 0 Å². The Bertz CT molecular complexity index is 1030. The van der Waals surface area contributed by atoms with Crippen molar-refractivity contribution in [2.45, 2.75) is 63.6 Å². The van der Waals surface area contributed by atoms with Crippen molar-refractivity contribution in [2.24, 2.45) is 23.2 Å². The van der Waals surface area contributed by atoms with Crippen LogP contribution in [0.15, 0.2) is 41.0 Å². The molecule has 0 spiro atoms. The molecule has 0 amide bonds. The molecule has 5 aliphatic rings. The maximum atomic E-state index is 11.3. The van der Waals surface area contributed by atoms with E-state index in [0.29, 0.717) is 11.8 Å². The summed E-state index contributed by atoms with van der Waals surface area (Å²) in [6.45, 7) is 2.53. The molecule has 2 unspecified atom stereocenters. The van der Waals surface area contributed by atoms with Gasteiger partial charge in [-0.25, -0.2) is 0 Å². The van der Waals surface area contributed by atoms with Crippen LogP contribution in [-0.4, -0.2) is 29.2 Å². The lowest BCUT2D eigenvalue weighted by Gasteiger charge is -2.52. The van der Waals surface area contributed by atoms with Gasteiger partial charge in [-0.1, -0.05) is 24.6 Å². The van der Waals surface area contributed by atoms with Gasteiger partial charge in [0.25, 0.3) is 0 Å². The van der Waals surface area contributed by atoms with E-state index in [1.165, 1.54) is 22.3 Å². The van der Waals surface area contributed by atoms with Crippen LogP contribution < -0.4 is 9.47 Å². The summed E-state index contributed by atoms with van der Waals surface area (Å²) in [5.41, 5.74) is 5.38. The van der Waals surface area contributed by atoms with Crippen molar-refractivity contribution < 1.29 is 19.7 Å². The quantitative estimate of drug-likeness (QED) is 0.667. The molecule has 2 fully saturated rings. The summed E-state index contributed by atoms with van der Waals surface area (Å²) >= 11 is 0. The fraction of sp³-hybridized carbons (Fsp3) is 0.556. The summed E-state index contributed by atoms with van der Waals surface area (Å²) in [4.78, 5) is 0. The van der Waals surface area contributed by atoms with Crippen LogP contribution in [0, 0.1) is 35.5 Å². The highest BCUT2D eigenvalue weighted by atomic mass is 16.7. The molecule has 1 aliphatic heterocycles. The number of hydrogen-bond donors (Lipinski definition) is 2. The average molecular weight is 419 g/mol. The number of aliphatic hydroxyl groups is 2. The molecular weight excluding hydrogens is 388 g/mol. The second-order valence-electron chi connectivity index (χ2n) is 10.3. The summed E-state index contributed by atoms with van der Waals surface area (Å²) in [5, 5.41) is 21.5. The van der Waals surface area contributed by atoms with Crippen molar-refractivity contribution in [1.82, 2.24) is 0 Å². The monoisotopic (exact) mass is 418 g/mol. The van der Waals surface area contributed by atoms with Crippen LogP contribution in [0.3, 0.4) is 0 Å². The van der Waals surface area contributed by atoms with Gasteiger partial charge in [0.1, 0.15) is 0 Å². The first-order valence-corrected chi connectivity index (χ1v) is 11.7. The Kier molecular flexibility index (Phi) is 4.32. The standard InChI is InChI=1S/C27H30O4/c1-3-15-11-22-20-7-4-16-10-18(28)6-8-19(16)25(20)21(13-27(22,2)26(15)29)17-5-9-23-24(12-17)31-14-30-23/h1,5,9-10,12,15,18,20-22,26,28-29H,4,6-8,11,13-14H2,2H3/t15?,18?,20-,21+,22-,26-,27-/m0/s1. The van der Waals surface area contributed by atoms with E-state index in [0.717, 1.165) is 50.0 Å². The van der Waals surface area contributed by atoms with Crippen molar-refractivity contribution in [3.8, 4) is 23.8 Å². The molecule has 2 N–H and O–H groups in total. The highest BCUT2D eigenvalue weighted by Gasteiger charge is 2.59. The molecule has 4 aliphatic carbocycles. The highest BCUT2D eigenvalue weighted by Crippen LogP contribution is 2.65. The number of allylic oxidation sites excluding steroid dienone is 3. The van der Waals surface area contributed by atoms with E-state index < -0.39 is 6.10 Å². The third-order valence-electron chi connectivity index (χ3n) is 8.87. The van der Waals surface area contributed by atoms with E-state index in [-0.39, 0.29) is 30.1 Å². The summed E-state index contributed by atoms with van der Waals surface area (Å²) in [7, 11) is 0. The summed E-state index contributed by atoms with van der Waals surface area (Å²) in [6.07, 6.45) is 12.7. The van der Waals surface area contributed by atoms with Crippen LogP contribution in [-0.2, 0) is 0 Å². The molecule has 6 rings (SSSR count). The van der Waals surface area contributed by atoms with Gasteiger partial charge in [-0.2, -0.15) is 0 Å². The zero-order chi connectivity index (χ0) is 21.3. The number of ether oxygens (including phenoxy) is 2. The van der Waals surface area contributed by atoms with Gasteiger partial charge in [-0.3, -0.25) is 0 Å². The maximum Gasteiger partial charge on any atom is 0.231 e. The zero-order valence-corrected chi connectivity index (χ0v) is 18.0. The minimum absolute atomic E-state index is 0.0677. The van der Waals surface area contributed by atoms with Gasteiger partial charge in [0, 0.05) is 11.8 Å². The predicted octanol–water partition coefficient (Wildman–Crippen LogP) is 4.33. The van der Waals surface area contributed by atoms with E-state index >= 15 is 0 Å². The van der Waals surface area contributed by atoms with E-state index in [2.05, 4.69) is 31.1 Å². The first-order valence-electron chi connectivity index (χ1n) is 11.7. The first kappa shape index (κ1) is 19.5. The van der Waals surface area contributed by atoms with Crippen LogP contribution in [0.2, 0.25) is 0 Å². The molecule has 162 valence electrons. The average Bonchev–Trinajstić information content (AvgIpc) is 3.34.